The molecule has 2 N–H and O–H groups in total. The summed E-state index contributed by atoms with van der Waals surface area (Å²) in [6.07, 6.45) is 3.12. The van der Waals surface area contributed by atoms with Gasteiger partial charge in [0.15, 0.2) is 10.7 Å². The maximum Gasteiger partial charge on any atom is 0.355 e. The second-order valence-corrected chi connectivity index (χ2v) is 5.63. The third-order valence-corrected chi connectivity index (χ3v) is 4.18. The molecule has 6 nitrogen and oxygen atoms in total. The van der Waals surface area contributed by atoms with E-state index in [0.717, 1.165) is 30.6 Å². The van der Waals surface area contributed by atoms with Crippen LogP contribution in [0.1, 0.15) is 39.6 Å². The zero-order valence-electron chi connectivity index (χ0n) is 10.6. The van der Waals surface area contributed by atoms with E-state index in [4.69, 9.17) is 9.84 Å². The van der Waals surface area contributed by atoms with E-state index in [1.165, 1.54) is 5.38 Å². The van der Waals surface area contributed by atoms with Crippen molar-refractivity contribution in [2.75, 3.05) is 20.3 Å². The van der Waals surface area contributed by atoms with E-state index < -0.39 is 5.97 Å². The van der Waals surface area contributed by atoms with Crippen LogP contribution in [0.15, 0.2) is 5.38 Å². The van der Waals surface area contributed by atoms with Gasteiger partial charge in [0.2, 0.25) is 0 Å². The van der Waals surface area contributed by atoms with Gasteiger partial charge in [-0.3, -0.25) is 4.79 Å². The first-order valence-electron chi connectivity index (χ1n) is 6.02. The first-order chi connectivity index (χ1) is 9.06. The minimum atomic E-state index is -1.12. The second-order valence-electron chi connectivity index (χ2n) is 4.77. The number of hydrogen-bond acceptors (Lipinski definition) is 5. The molecule has 7 heteroatoms. The van der Waals surface area contributed by atoms with Crippen molar-refractivity contribution >= 4 is 23.2 Å². The maximum absolute atomic E-state index is 11.8. The Morgan fingerprint density at radius 2 is 2.32 bits per heavy atom. The molecule has 1 aromatic rings. The number of carbonyl (C=O) groups excluding carboxylic acids is 1. The summed E-state index contributed by atoms with van der Waals surface area (Å²) in [4.78, 5) is 26.3. The molecular formula is C12H16N2O4S. The quantitative estimate of drug-likeness (QED) is 0.790. The standard InChI is InChI=1S/C12H16N2O4S/c1-18-5-4-12(2-3-12)7-13-9(15)10-14-8(6-19-10)11(16)17/h6H,2-5,7H2,1H3,(H,13,15)(H,16,17). The highest BCUT2D eigenvalue weighted by atomic mass is 32.1. The van der Waals surface area contributed by atoms with Crippen LogP contribution in [0.25, 0.3) is 0 Å². The van der Waals surface area contributed by atoms with Crippen molar-refractivity contribution in [3.05, 3.63) is 16.1 Å². The summed E-state index contributed by atoms with van der Waals surface area (Å²) < 4.78 is 5.05. The van der Waals surface area contributed by atoms with Gasteiger partial charge in [-0.2, -0.15) is 0 Å². The first-order valence-corrected chi connectivity index (χ1v) is 6.90. The molecule has 0 bridgehead atoms. The predicted molar refractivity (Wildman–Crippen MR) is 69.6 cm³/mol. The minimum absolute atomic E-state index is 0.0873. The fourth-order valence-corrected chi connectivity index (χ4v) is 2.54. The Kier molecular flexibility index (Phi) is 4.16. The topological polar surface area (TPSA) is 88.5 Å². The average Bonchev–Trinajstić information content (AvgIpc) is 2.97. The molecule has 0 radical (unpaired) electrons. The molecular weight excluding hydrogens is 268 g/mol. The average molecular weight is 284 g/mol. The van der Waals surface area contributed by atoms with Crippen molar-refractivity contribution in [1.29, 1.82) is 0 Å². The van der Waals surface area contributed by atoms with Gasteiger partial charge in [0.05, 0.1) is 0 Å². The Morgan fingerprint density at radius 3 is 2.84 bits per heavy atom. The molecule has 1 aliphatic carbocycles. The molecule has 1 heterocycles. The monoisotopic (exact) mass is 284 g/mol. The fraction of sp³-hybridized carbons (Fsp3) is 0.583. The molecule has 0 spiro atoms. The molecule has 1 saturated carbocycles. The Morgan fingerprint density at radius 1 is 1.58 bits per heavy atom. The summed E-state index contributed by atoms with van der Waals surface area (Å²) in [5, 5.41) is 13.1. The molecule has 0 unspecified atom stereocenters. The van der Waals surface area contributed by atoms with Crippen LogP contribution in [0, 0.1) is 5.41 Å². The number of nitrogens with zero attached hydrogens (tertiary/aromatic N) is 1. The van der Waals surface area contributed by atoms with Gasteiger partial charge in [0.25, 0.3) is 5.91 Å². The number of thiazole rings is 1. The van der Waals surface area contributed by atoms with E-state index in [-0.39, 0.29) is 22.0 Å². The molecule has 0 atom stereocenters. The maximum atomic E-state index is 11.8. The number of amides is 1. The largest absolute Gasteiger partial charge is 0.476 e. The van der Waals surface area contributed by atoms with E-state index in [2.05, 4.69) is 10.3 Å². The molecule has 1 aromatic heterocycles. The predicted octanol–water partition coefficient (Wildman–Crippen LogP) is 1.39. The molecule has 0 aliphatic heterocycles. The summed E-state index contributed by atoms with van der Waals surface area (Å²) in [6.45, 7) is 1.29. The lowest BCUT2D eigenvalue weighted by Gasteiger charge is -2.14. The van der Waals surface area contributed by atoms with Crippen LogP contribution in [-0.4, -0.2) is 42.2 Å². The van der Waals surface area contributed by atoms with Crippen LogP contribution < -0.4 is 5.32 Å². The number of aromatic nitrogens is 1. The van der Waals surface area contributed by atoms with Crippen LogP contribution in [0.5, 0.6) is 0 Å². The summed E-state index contributed by atoms with van der Waals surface area (Å²) >= 11 is 1.05. The van der Waals surface area contributed by atoms with Crippen molar-refractivity contribution in [2.45, 2.75) is 19.3 Å². The van der Waals surface area contributed by atoms with Crippen LogP contribution in [0.2, 0.25) is 0 Å². The summed E-state index contributed by atoms with van der Waals surface area (Å²) in [7, 11) is 1.66. The number of hydrogen-bond donors (Lipinski definition) is 2. The number of carboxylic acid groups (broad SMARTS) is 1. The van der Waals surface area contributed by atoms with Crippen molar-refractivity contribution in [1.82, 2.24) is 10.3 Å². The lowest BCUT2D eigenvalue weighted by molar-refractivity contribution is 0.0691. The molecule has 104 valence electrons. The van der Waals surface area contributed by atoms with E-state index in [0.29, 0.717) is 13.2 Å². The van der Waals surface area contributed by atoms with Gasteiger partial charge >= 0.3 is 5.97 Å². The van der Waals surface area contributed by atoms with Crippen LogP contribution >= 0.6 is 11.3 Å². The SMILES string of the molecule is COCCC1(CNC(=O)c2nc(C(=O)O)cs2)CC1. The molecule has 0 saturated heterocycles. The Balaban J connectivity index is 1.85. The van der Waals surface area contributed by atoms with Gasteiger partial charge < -0.3 is 15.2 Å². The van der Waals surface area contributed by atoms with Crippen LogP contribution in [0.4, 0.5) is 0 Å². The Labute approximate surface area is 114 Å². The number of nitrogens with one attached hydrogen (secondary N) is 1. The van der Waals surface area contributed by atoms with Gasteiger partial charge in [0, 0.05) is 25.6 Å². The van der Waals surface area contributed by atoms with E-state index in [1.54, 1.807) is 7.11 Å². The first kappa shape index (κ1) is 14.0. The van der Waals surface area contributed by atoms with Gasteiger partial charge in [-0.05, 0) is 24.7 Å². The number of carbonyl (C=O) groups is 2. The zero-order chi connectivity index (χ0) is 13.9. The van der Waals surface area contributed by atoms with E-state index in [9.17, 15) is 9.59 Å². The van der Waals surface area contributed by atoms with Gasteiger partial charge in [-0.1, -0.05) is 0 Å². The molecule has 1 fully saturated rings. The van der Waals surface area contributed by atoms with Gasteiger partial charge in [0.1, 0.15) is 0 Å². The normalized spacial score (nSPS) is 16.1. The summed E-state index contributed by atoms with van der Waals surface area (Å²) in [5.74, 6) is -1.42. The molecule has 1 aliphatic rings. The molecule has 1 amide bonds. The van der Waals surface area contributed by atoms with Crippen LogP contribution in [-0.2, 0) is 4.74 Å². The van der Waals surface area contributed by atoms with Gasteiger partial charge in [-0.15, -0.1) is 11.3 Å². The second kappa shape index (κ2) is 5.66. The highest BCUT2D eigenvalue weighted by Crippen LogP contribution is 2.48. The Hall–Kier alpha value is -1.47. The highest BCUT2D eigenvalue weighted by molar-refractivity contribution is 7.11. The van der Waals surface area contributed by atoms with E-state index >= 15 is 0 Å². The number of carboxylic acids is 1. The molecule has 0 aromatic carbocycles. The third-order valence-electron chi connectivity index (χ3n) is 3.34. The minimum Gasteiger partial charge on any atom is -0.476 e. The van der Waals surface area contributed by atoms with Gasteiger partial charge in [-0.25, -0.2) is 9.78 Å². The number of aromatic carboxylic acids is 1. The van der Waals surface area contributed by atoms with Crippen molar-refractivity contribution < 1.29 is 19.4 Å². The number of rotatable bonds is 7. The molecule has 19 heavy (non-hydrogen) atoms. The van der Waals surface area contributed by atoms with Crippen molar-refractivity contribution in [2.24, 2.45) is 5.41 Å². The molecule has 2 rings (SSSR count). The lowest BCUT2D eigenvalue weighted by Crippen LogP contribution is -2.30. The summed E-state index contributed by atoms with van der Waals surface area (Å²) in [5.41, 5.74) is 0.0779. The highest BCUT2D eigenvalue weighted by Gasteiger charge is 2.42. The van der Waals surface area contributed by atoms with Crippen molar-refractivity contribution in [3.63, 3.8) is 0 Å². The Bertz CT molecular complexity index is 482. The fourth-order valence-electron chi connectivity index (χ4n) is 1.83. The third kappa shape index (κ3) is 3.51. The smallest absolute Gasteiger partial charge is 0.355 e. The van der Waals surface area contributed by atoms with E-state index in [1.807, 2.05) is 0 Å². The zero-order valence-corrected chi connectivity index (χ0v) is 11.5. The number of ether oxygens (including phenoxy) is 1. The van der Waals surface area contributed by atoms with Crippen LogP contribution in [0.3, 0.4) is 0 Å². The van der Waals surface area contributed by atoms with Crippen molar-refractivity contribution in [3.8, 4) is 0 Å². The lowest BCUT2D eigenvalue weighted by atomic mass is 10.0. The summed E-state index contributed by atoms with van der Waals surface area (Å²) in [6, 6.07) is 0. The number of methoxy groups -OCH3 is 1.